The van der Waals surface area contributed by atoms with Crippen LogP contribution in [0.4, 0.5) is 10.1 Å². The smallest absolute Gasteiger partial charge is 0.146 e. The number of aliphatic hydroxyl groups is 1. The van der Waals surface area contributed by atoms with Gasteiger partial charge >= 0.3 is 0 Å². The summed E-state index contributed by atoms with van der Waals surface area (Å²) in [5.41, 5.74) is 0.580. The zero-order valence-electron chi connectivity index (χ0n) is 7.70. The lowest BCUT2D eigenvalue weighted by Crippen LogP contribution is -2.20. The summed E-state index contributed by atoms with van der Waals surface area (Å²) in [6, 6.07) is 6.63. The third-order valence-corrected chi connectivity index (χ3v) is 1.92. The number of halogens is 1. The predicted molar refractivity (Wildman–Crippen MR) is 51.4 cm³/mol. The number of aliphatic hydroxyl groups excluding tert-OH is 1. The minimum absolute atomic E-state index is 0.138. The third-order valence-electron chi connectivity index (χ3n) is 1.92. The fourth-order valence-corrected chi connectivity index (χ4v) is 1.19. The maximum Gasteiger partial charge on any atom is 0.146 e. The van der Waals surface area contributed by atoms with E-state index in [4.69, 9.17) is 5.11 Å². The molecule has 72 valence electrons. The zero-order chi connectivity index (χ0) is 9.68. The molecule has 1 aromatic rings. The molecule has 3 heteroatoms. The molecule has 1 aromatic carbocycles. The minimum atomic E-state index is -0.220. The molecule has 0 aliphatic heterocycles. The van der Waals surface area contributed by atoms with Crippen molar-refractivity contribution >= 4 is 5.69 Å². The van der Waals surface area contributed by atoms with Gasteiger partial charge in [0.2, 0.25) is 0 Å². The van der Waals surface area contributed by atoms with E-state index < -0.39 is 0 Å². The van der Waals surface area contributed by atoms with Gasteiger partial charge in [-0.05, 0) is 18.6 Å². The van der Waals surface area contributed by atoms with Crippen LogP contribution in [-0.2, 0) is 0 Å². The fraction of sp³-hybridized carbons (Fsp3) is 0.400. The molecule has 0 aromatic heterocycles. The summed E-state index contributed by atoms with van der Waals surface area (Å²) in [6.07, 6.45) is 0.658. The van der Waals surface area contributed by atoms with E-state index >= 15 is 0 Å². The van der Waals surface area contributed by atoms with Crippen molar-refractivity contribution in [3.63, 3.8) is 0 Å². The van der Waals surface area contributed by atoms with Gasteiger partial charge in [0.05, 0.1) is 5.69 Å². The van der Waals surface area contributed by atoms with Crippen LogP contribution in [0.5, 0.6) is 0 Å². The summed E-state index contributed by atoms with van der Waals surface area (Å²) >= 11 is 0. The van der Waals surface area contributed by atoms with Crippen molar-refractivity contribution in [2.24, 2.45) is 0 Å². The third kappa shape index (κ3) is 2.70. The molecule has 0 atom stereocenters. The zero-order valence-corrected chi connectivity index (χ0v) is 7.70. The van der Waals surface area contributed by atoms with E-state index in [2.05, 4.69) is 0 Å². The van der Waals surface area contributed by atoms with Gasteiger partial charge in [-0.1, -0.05) is 12.1 Å². The number of nitrogens with zero attached hydrogens (tertiary/aromatic N) is 1. The van der Waals surface area contributed by atoms with Crippen LogP contribution in [0.25, 0.3) is 0 Å². The average Bonchev–Trinajstić information content (AvgIpc) is 2.15. The van der Waals surface area contributed by atoms with Crippen LogP contribution >= 0.6 is 0 Å². The fourth-order valence-electron chi connectivity index (χ4n) is 1.19. The molecular formula is C10H14FNO. The molecule has 2 nitrogen and oxygen atoms in total. The molecule has 0 fully saturated rings. The number of anilines is 1. The lowest BCUT2D eigenvalue weighted by atomic mass is 10.2. The Morgan fingerprint density at radius 3 is 2.69 bits per heavy atom. The summed E-state index contributed by atoms with van der Waals surface area (Å²) in [4.78, 5) is 1.80. The first-order valence-electron chi connectivity index (χ1n) is 4.32. The van der Waals surface area contributed by atoms with E-state index in [-0.39, 0.29) is 12.4 Å². The van der Waals surface area contributed by atoms with Crippen LogP contribution in [-0.4, -0.2) is 25.3 Å². The lowest BCUT2D eigenvalue weighted by Gasteiger charge is -2.18. The molecule has 13 heavy (non-hydrogen) atoms. The molecule has 0 saturated heterocycles. The van der Waals surface area contributed by atoms with Gasteiger partial charge in [-0.3, -0.25) is 0 Å². The van der Waals surface area contributed by atoms with Crippen molar-refractivity contribution in [2.45, 2.75) is 6.42 Å². The highest BCUT2D eigenvalue weighted by atomic mass is 19.1. The van der Waals surface area contributed by atoms with Crippen molar-refractivity contribution < 1.29 is 9.50 Å². The Morgan fingerprint density at radius 1 is 1.38 bits per heavy atom. The Hall–Kier alpha value is -1.09. The molecular weight excluding hydrogens is 169 g/mol. The second-order valence-corrected chi connectivity index (χ2v) is 2.95. The van der Waals surface area contributed by atoms with Crippen molar-refractivity contribution in [3.05, 3.63) is 30.1 Å². The quantitative estimate of drug-likeness (QED) is 0.767. The Balaban J connectivity index is 2.65. The van der Waals surface area contributed by atoms with Gasteiger partial charge in [0, 0.05) is 20.2 Å². The van der Waals surface area contributed by atoms with Crippen molar-refractivity contribution in [2.75, 3.05) is 25.1 Å². The molecule has 1 N–H and O–H groups in total. The first-order valence-corrected chi connectivity index (χ1v) is 4.32. The number of hydrogen-bond donors (Lipinski definition) is 1. The van der Waals surface area contributed by atoms with Crippen LogP contribution in [0.1, 0.15) is 6.42 Å². The lowest BCUT2D eigenvalue weighted by molar-refractivity contribution is 0.290. The summed E-state index contributed by atoms with van der Waals surface area (Å²) in [5, 5.41) is 8.61. The average molecular weight is 183 g/mol. The molecule has 0 spiro atoms. The van der Waals surface area contributed by atoms with E-state index in [9.17, 15) is 4.39 Å². The summed E-state index contributed by atoms with van der Waals surface area (Å²) in [5.74, 6) is -0.220. The highest BCUT2D eigenvalue weighted by molar-refractivity contribution is 5.46. The van der Waals surface area contributed by atoms with Crippen LogP contribution in [0, 0.1) is 5.82 Å². The number of para-hydroxylation sites is 1. The first kappa shape index (κ1) is 9.99. The maximum atomic E-state index is 13.2. The molecule has 1 rings (SSSR count). The van der Waals surface area contributed by atoms with Gasteiger partial charge in [0.15, 0.2) is 0 Å². The highest BCUT2D eigenvalue weighted by Gasteiger charge is 2.04. The molecule has 0 amide bonds. The molecule has 0 unspecified atom stereocenters. The number of benzene rings is 1. The van der Waals surface area contributed by atoms with Gasteiger partial charge in [-0.25, -0.2) is 4.39 Å². The first-order chi connectivity index (χ1) is 6.25. The largest absolute Gasteiger partial charge is 0.396 e. The maximum absolute atomic E-state index is 13.2. The summed E-state index contributed by atoms with van der Waals surface area (Å²) < 4.78 is 13.2. The van der Waals surface area contributed by atoms with Crippen LogP contribution in [0.15, 0.2) is 24.3 Å². The molecule has 0 aliphatic rings. The topological polar surface area (TPSA) is 23.5 Å². The van der Waals surface area contributed by atoms with Crippen LogP contribution in [0.2, 0.25) is 0 Å². The van der Waals surface area contributed by atoms with E-state index in [1.54, 1.807) is 23.1 Å². The van der Waals surface area contributed by atoms with Gasteiger partial charge in [-0.15, -0.1) is 0 Å². The SMILES string of the molecule is CN(CCCO)c1ccccc1F. The minimum Gasteiger partial charge on any atom is -0.396 e. The Bertz CT molecular complexity index is 265. The van der Waals surface area contributed by atoms with Gasteiger partial charge < -0.3 is 10.0 Å². The molecule has 0 heterocycles. The Morgan fingerprint density at radius 2 is 2.08 bits per heavy atom. The Labute approximate surface area is 77.6 Å². The molecule has 0 aliphatic carbocycles. The van der Waals surface area contributed by atoms with E-state index in [1.807, 2.05) is 7.05 Å². The summed E-state index contributed by atoms with van der Waals surface area (Å²) in [6.45, 7) is 0.802. The van der Waals surface area contributed by atoms with Crippen LogP contribution < -0.4 is 4.90 Å². The molecule has 0 bridgehead atoms. The van der Waals surface area contributed by atoms with E-state index in [0.717, 1.165) is 0 Å². The summed E-state index contributed by atoms with van der Waals surface area (Å²) in [7, 11) is 1.81. The van der Waals surface area contributed by atoms with Crippen LogP contribution in [0.3, 0.4) is 0 Å². The van der Waals surface area contributed by atoms with Gasteiger partial charge in [0.1, 0.15) is 5.82 Å². The van der Waals surface area contributed by atoms with Gasteiger partial charge in [0.25, 0.3) is 0 Å². The normalized spacial score (nSPS) is 10.1. The monoisotopic (exact) mass is 183 g/mol. The van der Waals surface area contributed by atoms with Crippen molar-refractivity contribution in [1.82, 2.24) is 0 Å². The predicted octanol–water partition coefficient (Wildman–Crippen LogP) is 1.64. The van der Waals surface area contributed by atoms with E-state index in [0.29, 0.717) is 18.7 Å². The number of hydrogen-bond acceptors (Lipinski definition) is 2. The van der Waals surface area contributed by atoms with Crippen molar-refractivity contribution in [1.29, 1.82) is 0 Å². The standard InChI is InChI=1S/C10H14FNO/c1-12(7-4-8-13)10-6-3-2-5-9(10)11/h2-3,5-6,13H,4,7-8H2,1H3. The van der Waals surface area contributed by atoms with Gasteiger partial charge in [-0.2, -0.15) is 0 Å². The van der Waals surface area contributed by atoms with Crippen molar-refractivity contribution in [3.8, 4) is 0 Å². The highest BCUT2D eigenvalue weighted by Crippen LogP contribution is 2.16. The van der Waals surface area contributed by atoms with E-state index in [1.165, 1.54) is 6.07 Å². The second-order valence-electron chi connectivity index (χ2n) is 2.95. The molecule has 0 radical (unpaired) electrons. The Kier molecular flexibility index (Phi) is 3.71. The molecule has 0 saturated carbocycles. The number of rotatable bonds is 4. The second kappa shape index (κ2) is 4.82.